The first-order chi connectivity index (χ1) is 12.9. The monoisotopic (exact) mass is 366 g/mol. The highest BCUT2D eigenvalue weighted by Crippen LogP contribution is 2.29. The van der Waals surface area contributed by atoms with E-state index in [0.29, 0.717) is 11.8 Å². The summed E-state index contributed by atoms with van der Waals surface area (Å²) in [7, 11) is 0. The predicted octanol–water partition coefficient (Wildman–Crippen LogP) is 3.85. The molecule has 0 bridgehead atoms. The predicted molar refractivity (Wildman–Crippen MR) is 100.0 cm³/mol. The van der Waals surface area contributed by atoms with Gasteiger partial charge in [-0.2, -0.15) is 0 Å². The van der Waals surface area contributed by atoms with Gasteiger partial charge in [0.25, 0.3) is 0 Å². The third-order valence-corrected chi connectivity index (χ3v) is 6.22. The minimum absolute atomic E-state index is 0.435. The maximum absolute atomic E-state index is 5.47. The smallest absolute Gasteiger partial charge is 0.202 e. The Labute approximate surface area is 155 Å². The number of para-hydroxylation sites is 1. The third kappa shape index (κ3) is 2.95. The lowest BCUT2D eigenvalue weighted by Crippen LogP contribution is -3.11. The van der Waals surface area contributed by atoms with Crippen molar-refractivity contribution < 1.29 is 13.8 Å². The number of furan rings is 1. The maximum atomic E-state index is 5.47. The first-order valence-electron chi connectivity index (χ1n) is 9.06. The molecule has 0 spiro atoms. The van der Waals surface area contributed by atoms with Gasteiger partial charge in [-0.15, -0.1) is 11.3 Å². The topological polar surface area (TPSA) is 56.5 Å². The van der Waals surface area contributed by atoms with Crippen LogP contribution in [0.5, 0.6) is 0 Å². The van der Waals surface area contributed by atoms with Gasteiger partial charge < -0.3 is 13.8 Å². The van der Waals surface area contributed by atoms with Crippen LogP contribution in [0.3, 0.4) is 0 Å². The summed E-state index contributed by atoms with van der Waals surface area (Å²) in [5.74, 6) is 1.41. The average Bonchev–Trinajstić information content (AvgIpc) is 3.42. The molecule has 0 aliphatic carbocycles. The van der Waals surface area contributed by atoms with E-state index in [1.165, 1.54) is 33.9 Å². The number of fused-ring (bicyclic) bond motifs is 1. The third-order valence-electron chi connectivity index (χ3n) is 5.07. The van der Waals surface area contributed by atoms with Crippen molar-refractivity contribution >= 4 is 21.6 Å². The van der Waals surface area contributed by atoms with Crippen LogP contribution in [0, 0.1) is 0 Å². The Balaban J connectivity index is 1.39. The Morgan fingerprint density at radius 3 is 2.96 bits per heavy atom. The van der Waals surface area contributed by atoms with Crippen molar-refractivity contribution in [3.05, 3.63) is 59.4 Å². The number of hydrogen-bond donors (Lipinski definition) is 1. The van der Waals surface area contributed by atoms with Crippen LogP contribution in [-0.4, -0.2) is 16.7 Å². The summed E-state index contributed by atoms with van der Waals surface area (Å²) in [5, 5.41) is 5.51. The number of nitrogens with zero attached hydrogens (tertiary/aromatic N) is 2. The van der Waals surface area contributed by atoms with Crippen molar-refractivity contribution in [1.29, 1.82) is 0 Å². The van der Waals surface area contributed by atoms with Crippen LogP contribution in [0.2, 0.25) is 0 Å². The SMILES string of the molecule is c1coc(-c2cc(C[NH+]3CCCC[C@@H]3c3nc4ccccc4s3)no2)c1. The van der Waals surface area contributed by atoms with E-state index in [9.17, 15) is 0 Å². The van der Waals surface area contributed by atoms with Crippen molar-refractivity contribution in [2.75, 3.05) is 6.54 Å². The van der Waals surface area contributed by atoms with Crippen LogP contribution in [0.1, 0.15) is 36.0 Å². The van der Waals surface area contributed by atoms with E-state index in [2.05, 4.69) is 29.4 Å². The fourth-order valence-corrected chi connectivity index (χ4v) is 4.95. The first-order valence-corrected chi connectivity index (χ1v) is 9.88. The van der Waals surface area contributed by atoms with E-state index in [0.717, 1.165) is 30.1 Å². The lowest BCUT2D eigenvalue weighted by molar-refractivity contribution is -0.950. The molecule has 0 amide bonds. The second-order valence-corrected chi connectivity index (χ2v) is 7.88. The fraction of sp³-hybridized carbons (Fsp3) is 0.300. The highest BCUT2D eigenvalue weighted by molar-refractivity contribution is 7.18. The minimum atomic E-state index is 0.435. The van der Waals surface area contributed by atoms with Crippen LogP contribution in [0.25, 0.3) is 21.7 Å². The van der Waals surface area contributed by atoms with Crippen molar-refractivity contribution in [3.8, 4) is 11.5 Å². The molecule has 0 saturated carbocycles. The normalized spacial score (nSPS) is 20.6. The number of nitrogens with one attached hydrogen (secondary N) is 1. The largest absolute Gasteiger partial charge is 0.461 e. The number of likely N-dealkylation sites (tertiary alicyclic amines) is 1. The molecule has 1 aliphatic rings. The van der Waals surface area contributed by atoms with Gasteiger partial charge in [0.1, 0.15) is 18.3 Å². The molecule has 5 rings (SSSR count). The van der Waals surface area contributed by atoms with Crippen LogP contribution >= 0.6 is 11.3 Å². The molecular formula is C20H20N3O2S+. The van der Waals surface area contributed by atoms with Gasteiger partial charge in [0, 0.05) is 12.5 Å². The Hall–Kier alpha value is -2.44. The van der Waals surface area contributed by atoms with Gasteiger partial charge in [0.2, 0.25) is 5.76 Å². The number of thiazole rings is 1. The van der Waals surface area contributed by atoms with Gasteiger partial charge in [0.05, 0.1) is 23.0 Å². The summed E-state index contributed by atoms with van der Waals surface area (Å²) < 4.78 is 12.1. The van der Waals surface area contributed by atoms with Gasteiger partial charge in [-0.25, -0.2) is 4.98 Å². The number of hydrogen-bond acceptors (Lipinski definition) is 5. The van der Waals surface area contributed by atoms with Gasteiger partial charge in [0.15, 0.2) is 10.8 Å². The molecule has 26 heavy (non-hydrogen) atoms. The Bertz CT molecular complexity index is 972. The Morgan fingerprint density at radius 1 is 1.12 bits per heavy atom. The molecule has 132 valence electrons. The lowest BCUT2D eigenvalue weighted by Gasteiger charge is -2.30. The van der Waals surface area contributed by atoms with Crippen LogP contribution < -0.4 is 4.90 Å². The summed E-state index contributed by atoms with van der Waals surface area (Å²) in [6.45, 7) is 1.99. The molecule has 0 radical (unpaired) electrons. The van der Waals surface area contributed by atoms with Gasteiger partial charge in [-0.3, -0.25) is 0 Å². The summed E-state index contributed by atoms with van der Waals surface area (Å²) in [5.41, 5.74) is 2.08. The van der Waals surface area contributed by atoms with Gasteiger partial charge >= 0.3 is 0 Å². The molecular weight excluding hydrogens is 346 g/mol. The molecule has 4 aromatic rings. The first kappa shape index (κ1) is 15.8. The summed E-state index contributed by atoms with van der Waals surface area (Å²) in [6, 6.07) is 14.6. The van der Waals surface area contributed by atoms with Crippen molar-refractivity contribution in [1.82, 2.24) is 10.1 Å². The van der Waals surface area contributed by atoms with Crippen LogP contribution in [0.4, 0.5) is 0 Å². The molecule has 1 N–H and O–H groups in total. The molecule has 2 atom stereocenters. The second kappa shape index (κ2) is 6.70. The minimum Gasteiger partial charge on any atom is -0.461 e. The van der Waals surface area contributed by atoms with E-state index in [4.69, 9.17) is 13.9 Å². The second-order valence-electron chi connectivity index (χ2n) is 6.81. The van der Waals surface area contributed by atoms with Crippen LogP contribution in [0.15, 0.2) is 57.7 Å². The summed E-state index contributed by atoms with van der Waals surface area (Å²) in [4.78, 5) is 6.44. The molecule has 1 saturated heterocycles. The van der Waals surface area contributed by atoms with E-state index in [1.54, 1.807) is 6.26 Å². The molecule has 4 heterocycles. The quantitative estimate of drug-likeness (QED) is 0.596. The zero-order valence-electron chi connectivity index (χ0n) is 14.4. The van der Waals surface area contributed by atoms with Crippen molar-refractivity contribution in [2.45, 2.75) is 31.8 Å². The van der Waals surface area contributed by atoms with E-state index in [-0.39, 0.29) is 0 Å². The number of quaternary nitrogens is 1. The number of rotatable bonds is 4. The molecule has 1 unspecified atom stereocenters. The zero-order chi connectivity index (χ0) is 17.3. The van der Waals surface area contributed by atoms with E-state index in [1.807, 2.05) is 29.5 Å². The van der Waals surface area contributed by atoms with Crippen molar-refractivity contribution in [3.63, 3.8) is 0 Å². The highest BCUT2D eigenvalue weighted by Gasteiger charge is 2.31. The Kier molecular flexibility index (Phi) is 4.07. The molecule has 3 aromatic heterocycles. The Morgan fingerprint density at radius 2 is 2.08 bits per heavy atom. The number of aromatic nitrogens is 2. The van der Waals surface area contributed by atoms with E-state index >= 15 is 0 Å². The molecule has 5 nitrogen and oxygen atoms in total. The van der Waals surface area contributed by atoms with Gasteiger partial charge in [-0.05, 0) is 37.1 Å². The standard InChI is InChI=1S/C20H19N3O2S/c1-2-9-19-15(6-1)21-20(26-19)16-7-3-4-10-23(16)13-14-12-18(25-22-14)17-8-5-11-24-17/h1-2,5-6,8-9,11-12,16H,3-4,7,10,13H2/p+1/t16-/m1/s1. The lowest BCUT2D eigenvalue weighted by atomic mass is 10.0. The summed E-state index contributed by atoms with van der Waals surface area (Å²) in [6.07, 6.45) is 5.34. The van der Waals surface area contributed by atoms with E-state index < -0.39 is 0 Å². The highest BCUT2D eigenvalue weighted by atomic mass is 32.1. The average molecular weight is 366 g/mol. The van der Waals surface area contributed by atoms with Crippen LogP contribution in [-0.2, 0) is 6.54 Å². The number of benzene rings is 1. The molecule has 1 fully saturated rings. The summed E-state index contributed by atoms with van der Waals surface area (Å²) >= 11 is 1.83. The molecule has 1 aliphatic heterocycles. The number of piperidine rings is 1. The molecule has 1 aromatic carbocycles. The van der Waals surface area contributed by atoms with Gasteiger partial charge in [-0.1, -0.05) is 17.3 Å². The molecule has 6 heteroatoms. The maximum Gasteiger partial charge on any atom is 0.202 e. The van der Waals surface area contributed by atoms with Crippen molar-refractivity contribution in [2.24, 2.45) is 0 Å². The fourth-order valence-electron chi connectivity index (χ4n) is 3.79. The zero-order valence-corrected chi connectivity index (χ0v) is 15.2.